The molecule has 0 aliphatic carbocycles. The zero-order valence-corrected chi connectivity index (χ0v) is 21.2. The lowest BCUT2D eigenvalue weighted by Gasteiger charge is -2.33. The number of amides is 4. The van der Waals surface area contributed by atoms with Gasteiger partial charge in [-0.1, -0.05) is 42.5 Å². The van der Waals surface area contributed by atoms with Crippen molar-refractivity contribution in [2.45, 2.75) is 31.6 Å². The molecule has 4 amide bonds. The van der Waals surface area contributed by atoms with E-state index in [9.17, 15) is 38.6 Å². The molecule has 2 heterocycles. The van der Waals surface area contributed by atoms with Crippen LogP contribution >= 0.6 is 0 Å². The summed E-state index contributed by atoms with van der Waals surface area (Å²) < 4.78 is 18.4. The fourth-order valence-corrected chi connectivity index (χ4v) is 4.79. The van der Waals surface area contributed by atoms with E-state index in [0.717, 1.165) is 16.0 Å². The molecular weight excluding hydrogens is 511 g/mol. The molecule has 0 saturated carbocycles. The molecule has 204 valence electrons. The summed E-state index contributed by atoms with van der Waals surface area (Å²) in [6, 6.07) is 8.85. The fourth-order valence-electron chi connectivity index (χ4n) is 4.79. The number of benzene rings is 2. The van der Waals surface area contributed by atoms with Crippen LogP contribution in [0.5, 0.6) is 5.75 Å². The quantitative estimate of drug-likeness (QED) is 0.259. The summed E-state index contributed by atoms with van der Waals surface area (Å²) in [7, 11) is -3.02. The lowest BCUT2D eigenvalue weighted by molar-refractivity contribution is -0.153. The van der Waals surface area contributed by atoms with Gasteiger partial charge in [0.25, 0.3) is 0 Å². The Kier molecular flexibility index (Phi) is 8.68. The summed E-state index contributed by atoms with van der Waals surface area (Å²) in [4.78, 5) is 53.1. The van der Waals surface area contributed by atoms with E-state index in [-0.39, 0.29) is 37.1 Å². The molecule has 2 atom stereocenters. The van der Waals surface area contributed by atoms with Gasteiger partial charge in [0.1, 0.15) is 18.5 Å². The molecule has 0 spiro atoms. The van der Waals surface area contributed by atoms with Crippen LogP contribution in [0.2, 0.25) is 5.82 Å². The Labute approximate surface area is 224 Å². The maximum atomic E-state index is 13.6. The number of aryl methyl sites for hydroxylation is 1. The number of nitrogens with one attached hydrogen (secondary N) is 1. The standard InChI is InChI=1S/C25H28B2FN3O8/c1-15-3-2-4-17-13-19(27(38)39-22(15)17)14-20(32)21(16-5-7-18(8-6-16)26(36)37)29-25(35)31-12-11-30(10-9-28)23(33)24(31)34/h2-8,19,21,36-38H,9-14H2,1H3,(H,29,35)/t19-,21?/m1/s1. The second-order valence-corrected chi connectivity index (χ2v) is 9.57. The van der Waals surface area contributed by atoms with E-state index in [4.69, 9.17) is 4.65 Å². The molecule has 11 nitrogen and oxygen atoms in total. The van der Waals surface area contributed by atoms with Gasteiger partial charge in [-0.2, -0.15) is 0 Å². The van der Waals surface area contributed by atoms with Gasteiger partial charge in [-0.15, -0.1) is 0 Å². The second-order valence-electron chi connectivity index (χ2n) is 9.57. The highest BCUT2D eigenvalue weighted by Crippen LogP contribution is 2.36. The Bertz CT molecular complexity index is 1260. The van der Waals surface area contributed by atoms with Crippen molar-refractivity contribution in [2.24, 2.45) is 0 Å². The van der Waals surface area contributed by atoms with Crippen molar-refractivity contribution in [3.63, 3.8) is 0 Å². The molecule has 2 aromatic rings. The molecule has 39 heavy (non-hydrogen) atoms. The summed E-state index contributed by atoms with van der Waals surface area (Å²) in [5.41, 5.74) is 2.12. The van der Waals surface area contributed by atoms with E-state index >= 15 is 0 Å². The Morgan fingerprint density at radius 3 is 2.54 bits per heavy atom. The van der Waals surface area contributed by atoms with Crippen LogP contribution in [0.15, 0.2) is 42.5 Å². The van der Waals surface area contributed by atoms with E-state index < -0.39 is 56.4 Å². The lowest BCUT2D eigenvalue weighted by Crippen LogP contribution is -2.59. The lowest BCUT2D eigenvalue weighted by atomic mass is 9.64. The number of imide groups is 1. The summed E-state index contributed by atoms with van der Waals surface area (Å²) in [6.45, 7) is 0.519. The van der Waals surface area contributed by atoms with Crippen molar-refractivity contribution in [1.82, 2.24) is 15.1 Å². The highest BCUT2D eigenvalue weighted by molar-refractivity contribution is 6.58. The molecule has 2 aromatic carbocycles. The highest BCUT2D eigenvalue weighted by atomic mass is 19.1. The molecule has 4 rings (SSSR count). The summed E-state index contributed by atoms with van der Waals surface area (Å²) >= 11 is 0. The number of carbonyl (C=O) groups excluding carboxylic acids is 4. The van der Waals surface area contributed by atoms with Crippen LogP contribution in [0.25, 0.3) is 0 Å². The van der Waals surface area contributed by atoms with Crippen LogP contribution in [0.1, 0.15) is 29.2 Å². The topological polar surface area (TPSA) is 157 Å². The average molecular weight is 539 g/mol. The van der Waals surface area contributed by atoms with Gasteiger partial charge in [0.2, 0.25) is 0 Å². The van der Waals surface area contributed by atoms with E-state index in [0.29, 0.717) is 17.1 Å². The number of piperazine rings is 1. The smallest absolute Gasteiger partial charge is 0.526 e. The first-order chi connectivity index (χ1) is 18.6. The number of alkyl halides is 1. The number of hydrogen-bond donors (Lipinski definition) is 4. The number of hydrogen-bond acceptors (Lipinski definition) is 8. The molecule has 0 radical (unpaired) electrons. The molecule has 2 aliphatic heterocycles. The maximum absolute atomic E-state index is 13.6. The van der Waals surface area contributed by atoms with E-state index in [1.807, 2.05) is 25.1 Å². The van der Waals surface area contributed by atoms with Crippen molar-refractivity contribution >= 4 is 43.3 Å². The molecule has 1 saturated heterocycles. The van der Waals surface area contributed by atoms with Crippen LogP contribution in [0, 0.1) is 6.92 Å². The minimum atomic E-state index is -1.75. The minimum absolute atomic E-state index is 0.0476. The first kappa shape index (κ1) is 28.3. The number of para-hydroxylation sites is 1. The normalized spacial score (nSPS) is 17.9. The van der Waals surface area contributed by atoms with Gasteiger partial charge in [0, 0.05) is 31.9 Å². The zero-order valence-electron chi connectivity index (χ0n) is 21.2. The average Bonchev–Trinajstić information content (AvgIpc) is 2.91. The van der Waals surface area contributed by atoms with Crippen LogP contribution in [0.4, 0.5) is 9.18 Å². The molecule has 2 aliphatic rings. The molecule has 14 heteroatoms. The summed E-state index contributed by atoms with van der Waals surface area (Å²) in [5.74, 6) is -2.72. The van der Waals surface area contributed by atoms with Gasteiger partial charge < -0.3 is 29.9 Å². The van der Waals surface area contributed by atoms with E-state index in [1.165, 1.54) is 24.3 Å². The van der Waals surface area contributed by atoms with Gasteiger partial charge >= 0.3 is 32.1 Å². The Hall–Kier alpha value is -3.74. The highest BCUT2D eigenvalue weighted by Gasteiger charge is 2.40. The van der Waals surface area contributed by atoms with Crippen molar-refractivity contribution < 1.29 is 43.3 Å². The first-order valence-corrected chi connectivity index (χ1v) is 12.5. The summed E-state index contributed by atoms with van der Waals surface area (Å²) in [6.07, 6.45) is 0.158. The first-order valence-electron chi connectivity index (χ1n) is 12.5. The van der Waals surface area contributed by atoms with Crippen molar-refractivity contribution in [1.29, 1.82) is 0 Å². The Balaban J connectivity index is 1.55. The van der Waals surface area contributed by atoms with E-state index in [2.05, 4.69) is 5.32 Å². The van der Waals surface area contributed by atoms with E-state index in [1.54, 1.807) is 0 Å². The Morgan fingerprint density at radius 1 is 1.15 bits per heavy atom. The van der Waals surface area contributed by atoms with Crippen molar-refractivity contribution in [3.05, 3.63) is 59.2 Å². The van der Waals surface area contributed by atoms with Gasteiger partial charge in [-0.3, -0.25) is 19.3 Å². The number of urea groups is 1. The van der Waals surface area contributed by atoms with Crippen LogP contribution < -0.4 is 15.4 Å². The monoisotopic (exact) mass is 539 g/mol. The van der Waals surface area contributed by atoms with Gasteiger partial charge in [-0.25, -0.2) is 9.18 Å². The largest absolute Gasteiger partial charge is 0.536 e. The van der Waals surface area contributed by atoms with Gasteiger partial charge in [0.15, 0.2) is 5.78 Å². The number of rotatable bonds is 8. The molecule has 1 unspecified atom stereocenters. The number of ketones is 1. The van der Waals surface area contributed by atoms with Crippen LogP contribution in [-0.2, 0) is 20.8 Å². The second kappa shape index (κ2) is 12.0. The van der Waals surface area contributed by atoms with Crippen LogP contribution in [0.3, 0.4) is 0 Å². The number of Topliss-reactive ketones (excluding diaryl/α,β-unsaturated/α-hetero) is 1. The van der Waals surface area contributed by atoms with Crippen molar-refractivity contribution in [3.8, 4) is 5.75 Å². The third-order valence-electron chi connectivity index (χ3n) is 6.95. The molecule has 4 N–H and O–H groups in total. The minimum Gasteiger partial charge on any atom is -0.536 e. The number of carbonyl (C=O) groups is 4. The summed E-state index contributed by atoms with van der Waals surface area (Å²) in [5, 5.41) is 31.9. The molecular formula is C25H28B2FN3O8. The third-order valence-corrected chi connectivity index (χ3v) is 6.95. The van der Waals surface area contributed by atoms with Gasteiger partial charge in [0.05, 0.1) is 0 Å². The third kappa shape index (κ3) is 6.13. The van der Waals surface area contributed by atoms with Crippen molar-refractivity contribution in [2.75, 3.05) is 26.3 Å². The zero-order chi connectivity index (χ0) is 28.3. The number of fused-ring (bicyclic) bond motifs is 1. The number of nitrogens with zero attached hydrogens (tertiary/aromatic N) is 2. The molecule has 0 aromatic heterocycles. The fraction of sp³-hybridized carbons (Fsp3) is 0.360. The van der Waals surface area contributed by atoms with Gasteiger partial charge in [-0.05, 0) is 35.5 Å². The predicted octanol–water partition coefficient (Wildman–Crippen LogP) is -0.489. The SMILES string of the molecule is Cc1cccc2c1OB(O)[C@@H](CC(=O)C(NC(=O)N1CCN(CCF)C(=O)C1=O)c1ccc(B(O)O)cc1)C2. The Morgan fingerprint density at radius 2 is 1.87 bits per heavy atom. The maximum Gasteiger partial charge on any atom is 0.526 e. The van der Waals surface area contributed by atoms with Crippen LogP contribution in [-0.4, -0.2) is 89.0 Å². The molecule has 1 fully saturated rings. The number of halogens is 1. The predicted molar refractivity (Wildman–Crippen MR) is 139 cm³/mol. The molecule has 0 bridgehead atoms.